The number of benzene rings is 5. The van der Waals surface area contributed by atoms with Gasteiger partial charge in [-0.2, -0.15) is 0 Å². The molecule has 0 saturated carbocycles. The van der Waals surface area contributed by atoms with Crippen LogP contribution in [0.2, 0.25) is 10.0 Å². The number of phenols is 3. The van der Waals surface area contributed by atoms with Gasteiger partial charge in [-0.1, -0.05) is 61.3 Å². The molecule has 5 aromatic rings. The number of carbonyl (C=O) groups is 8. The van der Waals surface area contributed by atoms with Crippen molar-refractivity contribution in [3.05, 3.63) is 117 Å². The third-order valence-electron chi connectivity index (χ3n) is 17.5. The maximum absolute atomic E-state index is 15.1. The van der Waals surface area contributed by atoms with Gasteiger partial charge in [0, 0.05) is 34.7 Å². The van der Waals surface area contributed by atoms with Gasteiger partial charge < -0.3 is 128 Å². The van der Waals surface area contributed by atoms with Crippen LogP contribution in [0, 0.1) is 5.92 Å². The molecule has 2 fully saturated rings. The number of aliphatic carboxylic acids is 1. The van der Waals surface area contributed by atoms with Crippen LogP contribution >= 0.6 is 23.2 Å². The lowest BCUT2D eigenvalue weighted by Gasteiger charge is -2.47. The fourth-order valence-electron chi connectivity index (χ4n) is 12.1. The molecule has 2 saturated heterocycles. The van der Waals surface area contributed by atoms with E-state index in [9.17, 15) is 84.6 Å². The van der Waals surface area contributed by atoms with Crippen LogP contribution in [0.3, 0.4) is 0 Å². The summed E-state index contributed by atoms with van der Waals surface area (Å²) in [5.74, 6) is -14.4. The lowest BCUT2D eigenvalue weighted by atomic mass is 9.86. The number of aromatic hydroxyl groups is 3. The van der Waals surface area contributed by atoms with Crippen LogP contribution in [-0.4, -0.2) is 197 Å². The summed E-state index contributed by atoms with van der Waals surface area (Å²) < 4.78 is 37.6. The van der Waals surface area contributed by atoms with Gasteiger partial charge in [0.2, 0.25) is 53.4 Å². The average molecular weight is 1470 g/mol. The van der Waals surface area contributed by atoms with Gasteiger partial charge in [-0.15, -0.1) is 0 Å². The lowest BCUT2D eigenvalue weighted by Crippen LogP contribution is -2.64. The summed E-state index contributed by atoms with van der Waals surface area (Å²) in [6.45, 7) is 6.89. The molecule has 0 aromatic heterocycles. The Bertz CT molecular complexity index is 4020. The Balaban J connectivity index is 1.21. The van der Waals surface area contributed by atoms with E-state index in [4.69, 9.17) is 63.1 Å². The minimum Gasteiger partial charge on any atom is -0.508 e. The lowest BCUT2D eigenvalue weighted by molar-refractivity contribution is -0.333. The van der Waals surface area contributed by atoms with Crippen LogP contribution in [0.5, 0.6) is 46.0 Å². The molecule has 33 nitrogen and oxygen atoms in total. The number of nitrogens with two attached hydrogens (primary N) is 2. The molecule has 35 heteroatoms. The zero-order valence-electron chi connectivity index (χ0n) is 55.4. The zero-order chi connectivity index (χ0) is 74.7. The van der Waals surface area contributed by atoms with Crippen LogP contribution < -0.4 is 62.9 Å². The summed E-state index contributed by atoms with van der Waals surface area (Å²) in [5.41, 5.74) is 8.50. The van der Waals surface area contributed by atoms with Crippen LogP contribution in [0.1, 0.15) is 100 Å². The molecule has 18 atom stereocenters. The SMILES string of the molecule is CNC(CC(C)C)C(=O)NC1C(=O)NC(CC(N)=O)C(=O)NC(C)C(=O)NC2C(=O)NC(C(=O)NC(C(=O)O)c3cc(O)cc(O)c3-c3cc2ccc3O)C(O)c2ccc(c(Cl)c2)Oc2cccc(c2OC2OC(CO)C(O)C(O)C2OC2CC(C)(N)C(O)C(C)O2)Oc2ccc(cc2Cl)C1O. The maximum atomic E-state index is 15.1. The average Bonchev–Trinajstić information content (AvgIpc) is 0.750. The van der Waals surface area contributed by atoms with E-state index < -0.39 is 209 Å². The molecule has 21 N–H and O–H groups in total. The number of halogens is 2. The first-order chi connectivity index (χ1) is 48.1. The van der Waals surface area contributed by atoms with Gasteiger partial charge >= 0.3 is 5.97 Å². The Morgan fingerprint density at radius 2 is 1.35 bits per heavy atom. The molecule has 0 spiro atoms. The second kappa shape index (κ2) is 32.0. The van der Waals surface area contributed by atoms with E-state index in [0.717, 1.165) is 55.5 Å². The molecule has 0 radical (unpaired) electrons. The number of para-hydroxylation sites is 1. The summed E-state index contributed by atoms with van der Waals surface area (Å²) in [4.78, 5) is 114. The summed E-state index contributed by atoms with van der Waals surface area (Å²) in [6, 6.07) is 2.39. The minimum atomic E-state index is -2.30. The Kier molecular flexibility index (Phi) is 24.1. The molecular weight excluding hydrogens is 1390 g/mol. The highest BCUT2D eigenvalue weighted by Gasteiger charge is 2.51. The first kappa shape index (κ1) is 77.0. The standard InChI is InChI=1S/C67H79Cl2N9O24/c1-25(2)16-36(72-6)60(90)77-50-52(84)29-11-14-40(34(68)18-29)98-42-8-7-9-43(56(42)102-66-57(55(87)54(86)44(24-79)100-66)101-46-23-67(5,71)58(88)27(4)97-46)99-41-15-12-30(19-35(41)69)53(85)51-64(94)76-49(65(95)96)33-20-31(80)21-39(82)47(33)32-17-28(10-13-38(32)81)48(62(92)78-51)75-59(89)26(3)73-61(91)37(22-45(70)83)74-63(50)93/h7-15,17-21,25-27,36-37,44,46,48-55,57-58,66,72,79-82,84-88H,16,22-24,71H2,1-6H3,(H2,70,83)(H,73,91)(H,74,93)(H,75,89)(H,76,94)(H,77,90)(H,78,92)(H,95,96). The normalized spacial score (nSPS) is 29.1. The Labute approximate surface area is 591 Å². The molecule has 6 heterocycles. The quantitative estimate of drug-likeness (QED) is 0.0760. The predicted octanol–water partition coefficient (Wildman–Crippen LogP) is 0.440. The number of nitrogens with one attached hydrogen (secondary N) is 7. The van der Waals surface area contributed by atoms with Crippen molar-refractivity contribution in [1.82, 2.24) is 37.2 Å². The molecule has 7 amide bonds. The number of fused-ring (bicyclic) bond motifs is 6. The topological polar surface area (TPSA) is 530 Å². The van der Waals surface area contributed by atoms with Crippen molar-refractivity contribution in [2.24, 2.45) is 17.4 Å². The molecule has 102 heavy (non-hydrogen) atoms. The van der Waals surface area contributed by atoms with E-state index in [0.29, 0.717) is 0 Å². The number of primary amides is 1. The number of carboxylic acids is 1. The summed E-state index contributed by atoms with van der Waals surface area (Å²) in [7, 11) is 1.47. The summed E-state index contributed by atoms with van der Waals surface area (Å²) in [5, 5.41) is 130. The number of phenolic OH excluding ortho intramolecular Hbond substituents is 3. The number of hydrogen-bond acceptors (Lipinski definition) is 25. The molecule has 6 aliphatic rings. The van der Waals surface area contributed by atoms with Crippen LogP contribution in [0.15, 0.2) is 84.9 Å². The number of ether oxygens (including phenoxy) is 6. The number of carbonyl (C=O) groups excluding carboxylic acids is 7. The number of likely N-dealkylation sites (N-methyl/N-ethyl adjacent to an activating group) is 1. The van der Waals surface area contributed by atoms with E-state index in [1.54, 1.807) is 0 Å². The fraction of sp³-hybridized carbons (Fsp3) is 0.433. The molecule has 0 aliphatic carbocycles. The second-order valence-corrected chi connectivity index (χ2v) is 26.6. The molecule has 6 aliphatic heterocycles. The predicted molar refractivity (Wildman–Crippen MR) is 356 cm³/mol. The fourth-order valence-corrected chi connectivity index (χ4v) is 12.6. The molecule has 5 aromatic carbocycles. The number of amides is 7. The van der Waals surface area contributed by atoms with E-state index in [-0.39, 0.29) is 68.5 Å². The van der Waals surface area contributed by atoms with Crippen LogP contribution in [0.25, 0.3) is 11.1 Å². The second-order valence-electron chi connectivity index (χ2n) is 25.7. The maximum Gasteiger partial charge on any atom is 0.330 e. The molecule has 550 valence electrons. The Hall–Kier alpha value is -9.20. The molecule has 18 unspecified atom stereocenters. The molecule has 11 rings (SSSR count). The van der Waals surface area contributed by atoms with Gasteiger partial charge in [0.15, 0.2) is 29.9 Å². The van der Waals surface area contributed by atoms with Crippen LogP contribution in [-0.2, 0) is 52.6 Å². The van der Waals surface area contributed by atoms with Crippen molar-refractivity contribution >= 4 is 70.5 Å². The summed E-state index contributed by atoms with van der Waals surface area (Å²) >= 11 is 14.0. The van der Waals surface area contributed by atoms with E-state index in [1.807, 2.05) is 13.8 Å². The largest absolute Gasteiger partial charge is 0.508 e. The summed E-state index contributed by atoms with van der Waals surface area (Å²) in [6.07, 6.45) is -17.7. The van der Waals surface area contributed by atoms with Gasteiger partial charge in [0.25, 0.3) is 0 Å². The number of aliphatic hydroxyl groups is 6. The highest BCUT2D eigenvalue weighted by Crippen LogP contribution is 2.48. The van der Waals surface area contributed by atoms with Gasteiger partial charge in [-0.3, -0.25) is 33.6 Å². The number of carboxylic acid groups (broad SMARTS) is 1. The Morgan fingerprint density at radius 1 is 0.725 bits per heavy atom. The van der Waals surface area contributed by atoms with Gasteiger partial charge in [0.1, 0.15) is 89.5 Å². The van der Waals surface area contributed by atoms with Gasteiger partial charge in [0.05, 0.1) is 41.3 Å². The van der Waals surface area contributed by atoms with Crippen LogP contribution in [0.4, 0.5) is 0 Å². The first-order valence-electron chi connectivity index (χ1n) is 32.0. The molecule has 10 bridgehead atoms. The van der Waals surface area contributed by atoms with Crippen molar-refractivity contribution in [3.8, 4) is 57.1 Å². The van der Waals surface area contributed by atoms with Crippen molar-refractivity contribution in [2.75, 3.05) is 13.7 Å². The van der Waals surface area contributed by atoms with Gasteiger partial charge in [-0.05, 0) is 111 Å². The van der Waals surface area contributed by atoms with Gasteiger partial charge in [-0.25, -0.2) is 4.79 Å². The molecular formula is C67H79Cl2N9O24. The van der Waals surface area contributed by atoms with Crippen molar-refractivity contribution in [2.45, 2.75) is 163 Å². The zero-order valence-corrected chi connectivity index (χ0v) is 56.9. The van der Waals surface area contributed by atoms with E-state index in [1.165, 1.54) is 57.3 Å². The number of rotatable bonds is 13. The third kappa shape index (κ3) is 17.1. The Morgan fingerprint density at radius 3 is 1.93 bits per heavy atom. The van der Waals surface area contributed by atoms with Crippen molar-refractivity contribution in [3.63, 3.8) is 0 Å². The minimum absolute atomic E-state index is 0.102. The number of hydrogen-bond donors (Lipinski definition) is 19. The van der Waals surface area contributed by atoms with E-state index in [2.05, 4.69) is 37.2 Å². The monoisotopic (exact) mass is 1460 g/mol. The highest BCUT2D eigenvalue weighted by atomic mass is 35.5. The van der Waals surface area contributed by atoms with Crippen molar-refractivity contribution < 1.29 is 118 Å². The smallest absolute Gasteiger partial charge is 0.330 e. The van der Waals surface area contributed by atoms with E-state index >= 15 is 4.79 Å². The first-order valence-corrected chi connectivity index (χ1v) is 32.8. The number of aliphatic hydroxyl groups excluding tert-OH is 6. The third-order valence-corrected chi connectivity index (χ3v) is 18.1. The highest BCUT2D eigenvalue weighted by molar-refractivity contribution is 6.32. The van der Waals surface area contributed by atoms with Crippen molar-refractivity contribution in [1.29, 1.82) is 0 Å².